The first-order chi connectivity index (χ1) is 10.9. The SMILES string of the molecule is CCCNS(=O)(=O)c1ccc(OCC(=O)N[C@H](C)COC)cc1. The minimum atomic E-state index is -3.49. The Balaban J connectivity index is 2.53. The van der Waals surface area contributed by atoms with Crippen molar-refractivity contribution in [1.29, 1.82) is 0 Å². The fourth-order valence-corrected chi connectivity index (χ4v) is 2.93. The van der Waals surface area contributed by atoms with E-state index in [2.05, 4.69) is 10.0 Å². The molecule has 0 aliphatic carbocycles. The predicted molar refractivity (Wildman–Crippen MR) is 86.9 cm³/mol. The third-order valence-corrected chi connectivity index (χ3v) is 4.35. The van der Waals surface area contributed by atoms with E-state index in [1.165, 1.54) is 24.3 Å². The van der Waals surface area contributed by atoms with E-state index in [1.807, 2.05) is 13.8 Å². The van der Waals surface area contributed by atoms with Gasteiger partial charge in [0, 0.05) is 19.7 Å². The predicted octanol–water partition coefficient (Wildman–Crippen LogP) is 0.905. The highest BCUT2D eigenvalue weighted by molar-refractivity contribution is 7.89. The lowest BCUT2D eigenvalue weighted by molar-refractivity contribution is -0.124. The first-order valence-electron chi connectivity index (χ1n) is 7.40. The number of rotatable bonds is 10. The van der Waals surface area contributed by atoms with Crippen LogP contribution in [-0.2, 0) is 19.6 Å². The minimum absolute atomic E-state index is 0.103. The van der Waals surface area contributed by atoms with Gasteiger partial charge in [-0.2, -0.15) is 0 Å². The fraction of sp³-hybridized carbons (Fsp3) is 0.533. The van der Waals surface area contributed by atoms with Crippen molar-refractivity contribution < 1.29 is 22.7 Å². The Labute approximate surface area is 137 Å². The lowest BCUT2D eigenvalue weighted by Crippen LogP contribution is -2.38. The van der Waals surface area contributed by atoms with Crippen molar-refractivity contribution in [2.24, 2.45) is 0 Å². The van der Waals surface area contributed by atoms with Crippen LogP contribution in [0.15, 0.2) is 29.2 Å². The van der Waals surface area contributed by atoms with Gasteiger partial charge in [0.25, 0.3) is 5.91 Å². The zero-order valence-corrected chi connectivity index (χ0v) is 14.5. The summed E-state index contributed by atoms with van der Waals surface area (Å²) in [6.45, 7) is 4.38. The van der Waals surface area contributed by atoms with Crippen LogP contribution in [0, 0.1) is 0 Å². The number of methoxy groups -OCH3 is 1. The number of amides is 1. The van der Waals surface area contributed by atoms with Crippen molar-refractivity contribution in [2.45, 2.75) is 31.2 Å². The average molecular weight is 344 g/mol. The molecule has 2 N–H and O–H groups in total. The second-order valence-electron chi connectivity index (χ2n) is 5.08. The first kappa shape index (κ1) is 19.4. The summed E-state index contributed by atoms with van der Waals surface area (Å²) in [7, 11) is -1.93. The highest BCUT2D eigenvalue weighted by atomic mass is 32.2. The Morgan fingerprint density at radius 1 is 1.26 bits per heavy atom. The van der Waals surface area contributed by atoms with E-state index in [9.17, 15) is 13.2 Å². The molecule has 1 aromatic rings. The molecule has 0 saturated heterocycles. The molecular weight excluding hydrogens is 320 g/mol. The third kappa shape index (κ3) is 6.98. The molecule has 0 bridgehead atoms. The third-order valence-electron chi connectivity index (χ3n) is 2.87. The number of ether oxygens (including phenoxy) is 2. The largest absolute Gasteiger partial charge is 0.484 e. The highest BCUT2D eigenvalue weighted by Crippen LogP contribution is 2.15. The molecule has 0 saturated carbocycles. The van der Waals surface area contributed by atoms with Crippen LogP contribution in [0.1, 0.15) is 20.3 Å². The molecule has 23 heavy (non-hydrogen) atoms. The normalized spacial score (nSPS) is 12.7. The van der Waals surface area contributed by atoms with Crippen molar-refractivity contribution in [1.82, 2.24) is 10.0 Å². The molecule has 130 valence electrons. The zero-order valence-electron chi connectivity index (χ0n) is 13.7. The van der Waals surface area contributed by atoms with Crippen LogP contribution in [0.2, 0.25) is 0 Å². The van der Waals surface area contributed by atoms with E-state index in [1.54, 1.807) is 7.11 Å². The van der Waals surface area contributed by atoms with E-state index < -0.39 is 10.0 Å². The van der Waals surface area contributed by atoms with E-state index >= 15 is 0 Å². The Morgan fingerprint density at radius 3 is 2.48 bits per heavy atom. The summed E-state index contributed by atoms with van der Waals surface area (Å²) in [5, 5.41) is 2.72. The van der Waals surface area contributed by atoms with Crippen LogP contribution in [0.3, 0.4) is 0 Å². The Kier molecular flexibility index (Phi) is 8.01. The van der Waals surface area contributed by atoms with Gasteiger partial charge < -0.3 is 14.8 Å². The molecule has 0 aliphatic rings. The molecular formula is C15H24N2O5S. The maximum Gasteiger partial charge on any atom is 0.258 e. The second-order valence-corrected chi connectivity index (χ2v) is 6.85. The fourth-order valence-electron chi connectivity index (χ4n) is 1.79. The van der Waals surface area contributed by atoms with Crippen molar-refractivity contribution in [2.75, 3.05) is 26.9 Å². The maximum atomic E-state index is 11.9. The van der Waals surface area contributed by atoms with Crippen LogP contribution in [-0.4, -0.2) is 47.2 Å². The van der Waals surface area contributed by atoms with E-state index in [4.69, 9.17) is 9.47 Å². The van der Waals surface area contributed by atoms with E-state index in [0.717, 1.165) is 6.42 Å². The number of benzene rings is 1. The quantitative estimate of drug-likeness (QED) is 0.658. The molecule has 7 nitrogen and oxygen atoms in total. The topological polar surface area (TPSA) is 93.7 Å². The lowest BCUT2D eigenvalue weighted by Gasteiger charge is -2.13. The molecule has 0 unspecified atom stereocenters. The number of hydrogen-bond donors (Lipinski definition) is 2. The summed E-state index contributed by atoms with van der Waals surface area (Å²) in [5.41, 5.74) is 0. The van der Waals surface area contributed by atoms with Crippen molar-refractivity contribution >= 4 is 15.9 Å². The Hall–Kier alpha value is -1.64. The molecule has 0 aromatic heterocycles. The van der Waals surface area contributed by atoms with Crippen molar-refractivity contribution in [3.05, 3.63) is 24.3 Å². The van der Waals surface area contributed by atoms with Gasteiger partial charge in [-0.25, -0.2) is 13.1 Å². The lowest BCUT2D eigenvalue weighted by atomic mass is 10.3. The van der Waals surface area contributed by atoms with Gasteiger partial charge in [0.15, 0.2) is 6.61 Å². The molecule has 0 radical (unpaired) electrons. The van der Waals surface area contributed by atoms with Crippen molar-refractivity contribution in [3.63, 3.8) is 0 Å². The van der Waals surface area contributed by atoms with E-state index in [-0.39, 0.29) is 23.5 Å². The Bertz CT molecular complexity index is 586. The van der Waals surface area contributed by atoms with Crippen LogP contribution in [0.25, 0.3) is 0 Å². The molecule has 8 heteroatoms. The average Bonchev–Trinajstić information content (AvgIpc) is 2.51. The molecule has 0 fully saturated rings. The molecule has 1 aromatic carbocycles. The number of carbonyl (C=O) groups excluding carboxylic acids is 1. The van der Waals surface area contributed by atoms with Gasteiger partial charge in [-0.15, -0.1) is 0 Å². The highest BCUT2D eigenvalue weighted by Gasteiger charge is 2.13. The van der Waals surface area contributed by atoms with Gasteiger partial charge in [-0.05, 0) is 37.6 Å². The molecule has 1 atom stereocenters. The standard InChI is InChI=1S/C15H24N2O5S/c1-4-9-16-23(19,20)14-7-5-13(6-8-14)22-11-15(18)17-12(2)10-21-3/h5-8,12,16H,4,9-11H2,1-3H3,(H,17,18)/t12-/m1/s1. The number of hydrogen-bond acceptors (Lipinski definition) is 5. The minimum Gasteiger partial charge on any atom is -0.484 e. The smallest absolute Gasteiger partial charge is 0.258 e. The summed E-state index contributed by atoms with van der Waals surface area (Å²) < 4.78 is 36.6. The van der Waals surface area contributed by atoms with Gasteiger partial charge in [-0.1, -0.05) is 6.92 Å². The first-order valence-corrected chi connectivity index (χ1v) is 8.88. The molecule has 0 heterocycles. The summed E-state index contributed by atoms with van der Waals surface area (Å²) in [6, 6.07) is 5.82. The van der Waals surface area contributed by atoms with Gasteiger partial charge in [0.2, 0.25) is 10.0 Å². The molecule has 0 spiro atoms. The molecule has 0 aliphatic heterocycles. The second kappa shape index (κ2) is 9.49. The summed E-state index contributed by atoms with van der Waals surface area (Å²) in [6.07, 6.45) is 0.719. The zero-order chi connectivity index (χ0) is 17.3. The van der Waals surface area contributed by atoms with Crippen LogP contribution in [0.5, 0.6) is 5.75 Å². The van der Waals surface area contributed by atoms with Gasteiger partial charge in [-0.3, -0.25) is 4.79 Å². The van der Waals surface area contributed by atoms with E-state index in [0.29, 0.717) is 18.9 Å². The Morgan fingerprint density at radius 2 is 1.91 bits per heavy atom. The summed E-state index contributed by atoms with van der Waals surface area (Å²) >= 11 is 0. The summed E-state index contributed by atoms with van der Waals surface area (Å²) in [4.78, 5) is 11.8. The van der Waals surface area contributed by atoms with Crippen LogP contribution in [0.4, 0.5) is 0 Å². The monoisotopic (exact) mass is 344 g/mol. The number of sulfonamides is 1. The maximum absolute atomic E-state index is 11.9. The van der Waals surface area contributed by atoms with Gasteiger partial charge in [0.05, 0.1) is 11.5 Å². The van der Waals surface area contributed by atoms with Crippen LogP contribution < -0.4 is 14.8 Å². The number of carbonyl (C=O) groups is 1. The molecule has 1 rings (SSSR count). The number of nitrogens with one attached hydrogen (secondary N) is 2. The van der Waals surface area contributed by atoms with Gasteiger partial charge in [0.1, 0.15) is 5.75 Å². The summed E-state index contributed by atoms with van der Waals surface area (Å²) in [5.74, 6) is 0.157. The van der Waals surface area contributed by atoms with Crippen LogP contribution >= 0.6 is 0 Å². The molecule has 1 amide bonds. The van der Waals surface area contributed by atoms with Crippen molar-refractivity contribution in [3.8, 4) is 5.75 Å². The van der Waals surface area contributed by atoms with Gasteiger partial charge >= 0.3 is 0 Å².